The van der Waals surface area contributed by atoms with Crippen LogP contribution in [0.4, 0.5) is 11.6 Å². The highest BCUT2D eigenvalue weighted by molar-refractivity contribution is 9.10. The van der Waals surface area contributed by atoms with Gasteiger partial charge < -0.3 is 10.6 Å². The van der Waals surface area contributed by atoms with E-state index >= 15 is 0 Å². The van der Waals surface area contributed by atoms with Crippen LogP contribution in [-0.2, 0) is 0 Å². The summed E-state index contributed by atoms with van der Waals surface area (Å²) in [4.78, 5) is 20.3. The van der Waals surface area contributed by atoms with E-state index in [1.165, 1.54) is 0 Å². The maximum Gasteiger partial charge on any atom is 0.275 e. The van der Waals surface area contributed by atoms with Crippen molar-refractivity contribution in [3.05, 3.63) is 46.7 Å². The summed E-state index contributed by atoms with van der Waals surface area (Å²) in [6.45, 7) is 2.73. The van der Waals surface area contributed by atoms with Crippen molar-refractivity contribution in [1.82, 2.24) is 9.97 Å². The summed E-state index contributed by atoms with van der Waals surface area (Å²) >= 11 is 3.29. The number of anilines is 2. The second kappa shape index (κ2) is 6.29. The predicted molar refractivity (Wildman–Crippen MR) is 78.3 cm³/mol. The Balaban J connectivity index is 2.11. The summed E-state index contributed by atoms with van der Waals surface area (Å²) in [7, 11) is 0. The molecule has 2 rings (SSSR count). The van der Waals surface area contributed by atoms with Crippen LogP contribution in [0.2, 0.25) is 0 Å². The number of pyridine rings is 2. The van der Waals surface area contributed by atoms with Gasteiger partial charge in [-0.15, -0.1) is 0 Å². The minimum atomic E-state index is -0.283. The molecule has 0 saturated heterocycles. The van der Waals surface area contributed by atoms with Crippen molar-refractivity contribution in [2.24, 2.45) is 0 Å². The van der Waals surface area contributed by atoms with Gasteiger partial charge in [-0.05, 0) is 47.1 Å². The summed E-state index contributed by atoms with van der Waals surface area (Å²) in [5.41, 5.74) is 0.350. The first-order valence-electron chi connectivity index (χ1n) is 5.83. The Hall–Kier alpha value is -1.95. The molecule has 0 aliphatic heterocycles. The van der Waals surface area contributed by atoms with E-state index < -0.39 is 0 Å². The van der Waals surface area contributed by atoms with Crippen molar-refractivity contribution >= 4 is 33.5 Å². The Bertz CT molecular complexity index is 571. The number of carbonyl (C=O) groups excluding carboxylic acids is 1. The molecule has 2 N–H and O–H groups in total. The topological polar surface area (TPSA) is 66.9 Å². The number of nitrogens with zero attached hydrogens (tertiary/aromatic N) is 2. The smallest absolute Gasteiger partial charge is 0.275 e. The van der Waals surface area contributed by atoms with Crippen molar-refractivity contribution in [1.29, 1.82) is 0 Å². The van der Waals surface area contributed by atoms with E-state index in [2.05, 4.69) is 36.5 Å². The van der Waals surface area contributed by atoms with Gasteiger partial charge in [0, 0.05) is 17.2 Å². The van der Waals surface area contributed by atoms with Crippen molar-refractivity contribution in [3.63, 3.8) is 0 Å². The third-order valence-electron chi connectivity index (χ3n) is 2.31. The SMILES string of the molecule is CCNc1cccc(C(=O)Nc2ccc(Br)cn2)n1. The lowest BCUT2D eigenvalue weighted by Crippen LogP contribution is -2.15. The van der Waals surface area contributed by atoms with E-state index in [0.29, 0.717) is 17.3 Å². The van der Waals surface area contributed by atoms with Crippen LogP contribution in [0.15, 0.2) is 41.0 Å². The van der Waals surface area contributed by atoms with Gasteiger partial charge in [-0.25, -0.2) is 9.97 Å². The molecule has 0 unspecified atom stereocenters. The molecule has 2 aromatic rings. The Morgan fingerprint density at radius 3 is 2.79 bits per heavy atom. The third kappa shape index (κ3) is 3.75. The highest BCUT2D eigenvalue weighted by Crippen LogP contribution is 2.12. The van der Waals surface area contributed by atoms with Crippen LogP contribution in [0, 0.1) is 0 Å². The summed E-state index contributed by atoms with van der Waals surface area (Å²) in [5, 5.41) is 5.75. The maximum absolute atomic E-state index is 12.0. The molecule has 0 bridgehead atoms. The fourth-order valence-corrected chi connectivity index (χ4v) is 1.71. The first-order chi connectivity index (χ1) is 9.19. The Kier molecular flexibility index (Phi) is 4.46. The van der Waals surface area contributed by atoms with E-state index in [4.69, 9.17) is 0 Å². The van der Waals surface area contributed by atoms with Gasteiger partial charge in [0.25, 0.3) is 5.91 Å². The number of aromatic nitrogens is 2. The Morgan fingerprint density at radius 1 is 1.26 bits per heavy atom. The van der Waals surface area contributed by atoms with Gasteiger partial charge in [-0.2, -0.15) is 0 Å². The molecule has 0 radical (unpaired) electrons. The van der Waals surface area contributed by atoms with Crippen molar-refractivity contribution in [3.8, 4) is 0 Å². The zero-order valence-electron chi connectivity index (χ0n) is 10.4. The minimum absolute atomic E-state index is 0.283. The van der Waals surface area contributed by atoms with Gasteiger partial charge in [-0.1, -0.05) is 6.07 Å². The molecule has 0 aromatic carbocycles. The molecule has 5 nitrogen and oxygen atoms in total. The lowest BCUT2D eigenvalue weighted by molar-refractivity contribution is 0.102. The molecule has 2 aromatic heterocycles. The van der Waals surface area contributed by atoms with Crippen LogP contribution in [0.25, 0.3) is 0 Å². The van der Waals surface area contributed by atoms with Crippen molar-refractivity contribution in [2.45, 2.75) is 6.92 Å². The number of hydrogen-bond donors (Lipinski definition) is 2. The van der Waals surface area contributed by atoms with E-state index in [9.17, 15) is 4.79 Å². The molecule has 6 heteroatoms. The number of halogens is 1. The lowest BCUT2D eigenvalue weighted by atomic mass is 10.3. The van der Waals surface area contributed by atoms with Crippen molar-refractivity contribution < 1.29 is 4.79 Å². The zero-order chi connectivity index (χ0) is 13.7. The molecule has 0 atom stereocenters. The number of nitrogens with one attached hydrogen (secondary N) is 2. The van der Waals surface area contributed by atoms with Gasteiger partial charge in [0.2, 0.25) is 0 Å². The van der Waals surface area contributed by atoms with Gasteiger partial charge in [0.05, 0.1) is 0 Å². The molecule has 0 aliphatic carbocycles. The highest BCUT2D eigenvalue weighted by Gasteiger charge is 2.08. The summed E-state index contributed by atoms with van der Waals surface area (Å²) in [5.74, 6) is 0.886. The van der Waals surface area contributed by atoms with Crippen LogP contribution < -0.4 is 10.6 Å². The quantitative estimate of drug-likeness (QED) is 0.909. The maximum atomic E-state index is 12.0. The molecular formula is C13H13BrN4O. The van der Waals surface area contributed by atoms with E-state index in [-0.39, 0.29) is 5.91 Å². The molecule has 19 heavy (non-hydrogen) atoms. The van der Waals surface area contributed by atoms with Crippen LogP contribution in [-0.4, -0.2) is 22.4 Å². The number of rotatable bonds is 4. The molecule has 0 fully saturated rings. The second-order valence-corrected chi connectivity index (χ2v) is 4.67. The lowest BCUT2D eigenvalue weighted by Gasteiger charge is -2.06. The molecule has 2 heterocycles. The summed E-state index contributed by atoms with van der Waals surface area (Å²) in [6.07, 6.45) is 1.62. The molecule has 98 valence electrons. The fourth-order valence-electron chi connectivity index (χ4n) is 1.47. The minimum Gasteiger partial charge on any atom is -0.370 e. The number of amides is 1. The summed E-state index contributed by atoms with van der Waals surface area (Å²) in [6, 6.07) is 8.79. The molecule has 0 aliphatic rings. The number of carbonyl (C=O) groups is 1. The van der Waals surface area contributed by atoms with Crippen LogP contribution in [0.5, 0.6) is 0 Å². The first kappa shape index (κ1) is 13.5. The van der Waals surface area contributed by atoms with Crippen LogP contribution in [0.3, 0.4) is 0 Å². The summed E-state index contributed by atoms with van der Waals surface area (Å²) < 4.78 is 0.859. The molecular weight excluding hydrogens is 308 g/mol. The van der Waals surface area contributed by atoms with E-state index in [1.807, 2.05) is 19.1 Å². The van der Waals surface area contributed by atoms with Crippen LogP contribution >= 0.6 is 15.9 Å². The van der Waals surface area contributed by atoms with E-state index in [0.717, 1.165) is 11.0 Å². The van der Waals surface area contributed by atoms with Crippen LogP contribution in [0.1, 0.15) is 17.4 Å². The molecule has 0 spiro atoms. The Morgan fingerprint density at radius 2 is 2.11 bits per heavy atom. The van der Waals surface area contributed by atoms with Gasteiger partial charge in [0.1, 0.15) is 17.3 Å². The zero-order valence-corrected chi connectivity index (χ0v) is 11.9. The fraction of sp³-hybridized carbons (Fsp3) is 0.154. The third-order valence-corrected chi connectivity index (χ3v) is 2.78. The largest absolute Gasteiger partial charge is 0.370 e. The van der Waals surface area contributed by atoms with Gasteiger partial charge >= 0.3 is 0 Å². The average molecular weight is 321 g/mol. The van der Waals surface area contributed by atoms with Gasteiger partial charge in [-0.3, -0.25) is 4.79 Å². The average Bonchev–Trinajstić information content (AvgIpc) is 2.42. The normalized spacial score (nSPS) is 10.0. The Labute approximate surface area is 119 Å². The van der Waals surface area contributed by atoms with E-state index in [1.54, 1.807) is 24.4 Å². The second-order valence-electron chi connectivity index (χ2n) is 3.75. The predicted octanol–water partition coefficient (Wildman–Crippen LogP) is 2.92. The number of hydrogen-bond acceptors (Lipinski definition) is 4. The van der Waals surface area contributed by atoms with Gasteiger partial charge in [0.15, 0.2) is 0 Å². The first-order valence-corrected chi connectivity index (χ1v) is 6.62. The van der Waals surface area contributed by atoms with Crippen molar-refractivity contribution in [2.75, 3.05) is 17.2 Å². The monoisotopic (exact) mass is 320 g/mol. The molecule has 0 saturated carbocycles. The molecule has 1 amide bonds. The standard InChI is InChI=1S/C13H13BrN4O/c1-2-15-11-5-3-4-10(17-11)13(19)18-12-7-6-9(14)8-16-12/h3-8H,2H2,1H3,(H,15,17)(H,16,18,19). The highest BCUT2D eigenvalue weighted by atomic mass is 79.9.